The van der Waals surface area contributed by atoms with Crippen molar-refractivity contribution in [2.75, 3.05) is 6.54 Å². The Morgan fingerprint density at radius 3 is 2.59 bits per heavy atom. The van der Waals surface area contributed by atoms with Gasteiger partial charge in [0.15, 0.2) is 0 Å². The summed E-state index contributed by atoms with van der Waals surface area (Å²) in [5, 5.41) is 13.5. The predicted octanol–water partition coefficient (Wildman–Crippen LogP) is 1.95. The molecule has 1 unspecified atom stereocenters. The second-order valence-electron chi connectivity index (χ2n) is 5.64. The van der Waals surface area contributed by atoms with Crippen molar-refractivity contribution >= 4 is 11.9 Å². The van der Waals surface area contributed by atoms with E-state index in [-0.39, 0.29) is 5.91 Å². The van der Waals surface area contributed by atoms with Gasteiger partial charge in [-0.05, 0) is 50.1 Å². The molecule has 6 heteroatoms. The number of carbonyl (C=O) groups excluding carboxylic acids is 1. The van der Waals surface area contributed by atoms with Crippen LogP contribution in [0.15, 0.2) is 42.7 Å². The van der Waals surface area contributed by atoms with Crippen LogP contribution in [0.4, 0.5) is 0 Å². The van der Waals surface area contributed by atoms with Crippen LogP contribution < -0.4 is 0 Å². The van der Waals surface area contributed by atoms with Crippen molar-refractivity contribution in [2.24, 2.45) is 0 Å². The Labute approximate surface area is 128 Å². The molecule has 0 bridgehead atoms. The highest BCUT2D eigenvalue weighted by atomic mass is 16.4. The number of benzene rings is 1. The van der Waals surface area contributed by atoms with Gasteiger partial charge in [0.2, 0.25) is 0 Å². The lowest BCUT2D eigenvalue weighted by Crippen LogP contribution is -2.50. The molecule has 2 heterocycles. The van der Waals surface area contributed by atoms with Gasteiger partial charge in [-0.2, -0.15) is 5.10 Å². The molecule has 1 aromatic heterocycles. The molecule has 1 aliphatic rings. The van der Waals surface area contributed by atoms with Crippen LogP contribution in [0, 0.1) is 0 Å². The molecule has 0 radical (unpaired) electrons. The molecular weight excluding hydrogens is 282 g/mol. The van der Waals surface area contributed by atoms with Crippen molar-refractivity contribution in [3.8, 4) is 5.69 Å². The number of amides is 1. The zero-order chi connectivity index (χ0) is 15.7. The smallest absolute Gasteiger partial charge is 0.329 e. The molecule has 1 aromatic carbocycles. The molecule has 1 amide bonds. The maximum atomic E-state index is 12.6. The lowest BCUT2D eigenvalue weighted by atomic mass is 9.98. The molecule has 3 rings (SSSR count). The summed E-state index contributed by atoms with van der Waals surface area (Å²) in [6, 6.07) is 8.84. The van der Waals surface area contributed by atoms with Crippen LogP contribution in [0.25, 0.3) is 5.69 Å². The number of likely N-dealkylation sites (tertiary alicyclic amines) is 1. The number of rotatable bonds is 3. The average Bonchev–Trinajstić information content (AvgIpc) is 3.17. The number of carboxylic acids is 1. The van der Waals surface area contributed by atoms with Crippen LogP contribution in [0.2, 0.25) is 0 Å². The number of aliphatic carboxylic acids is 1. The zero-order valence-electron chi connectivity index (χ0n) is 12.3. The molecule has 1 saturated heterocycles. The lowest BCUT2D eigenvalue weighted by molar-refractivity contribution is -0.147. The average molecular weight is 299 g/mol. The number of carbonyl (C=O) groups is 2. The first-order valence-electron chi connectivity index (χ1n) is 7.18. The maximum Gasteiger partial charge on any atom is 0.329 e. The van der Waals surface area contributed by atoms with Crippen LogP contribution >= 0.6 is 0 Å². The molecule has 2 aromatic rings. The first-order valence-corrected chi connectivity index (χ1v) is 7.18. The van der Waals surface area contributed by atoms with E-state index in [2.05, 4.69) is 5.10 Å². The van der Waals surface area contributed by atoms with Gasteiger partial charge < -0.3 is 10.0 Å². The minimum Gasteiger partial charge on any atom is -0.480 e. The van der Waals surface area contributed by atoms with Gasteiger partial charge in [-0.3, -0.25) is 4.79 Å². The molecule has 1 aliphatic heterocycles. The lowest BCUT2D eigenvalue weighted by Gasteiger charge is -2.31. The monoisotopic (exact) mass is 299 g/mol. The molecule has 22 heavy (non-hydrogen) atoms. The summed E-state index contributed by atoms with van der Waals surface area (Å²) in [6.45, 7) is 2.08. The number of aromatic nitrogens is 2. The van der Waals surface area contributed by atoms with Gasteiger partial charge in [0.05, 0.1) is 5.69 Å². The fraction of sp³-hybridized carbons (Fsp3) is 0.312. The Balaban J connectivity index is 1.85. The summed E-state index contributed by atoms with van der Waals surface area (Å²) in [6.07, 6.45) is 4.69. The van der Waals surface area contributed by atoms with Crippen molar-refractivity contribution in [1.82, 2.24) is 14.7 Å². The van der Waals surface area contributed by atoms with Gasteiger partial charge in [0, 0.05) is 24.5 Å². The summed E-state index contributed by atoms with van der Waals surface area (Å²) in [7, 11) is 0. The van der Waals surface area contributed by atoms with E-state index in [1.54, 1.807) is 42.1 Å². The molecule has 0 spiro atoms. The normalized spacial score (nSPS) is 21.0. The van der Waals surface area contributed by atoms with Crippen molar-refractivity contribution < 1.29 is 14.7 Å². The molecule has 1 fully saturated rings. The molecule has 0 saturated carbocycles. The minimum absolute atomic E-state index is 0.241. The number of hydrogen-bond acceptors (Lipinski definition) is 3. The van der Waals surface area contributed by atoms with Crippen LogP contribution in [0.5, 0.6) is 0 Å². The molecule has 114 valence electrons. The third-order valence-electron chi connectivity index (χ3n) is 4.23. The second-order valence-corrected chi connectivity index (χ2v) is 5.64. The Hall–Kier alpha value is -2.63. The first-order chi connectivity index (χ1) is 10.5. The van der Waals surface area contributed by atoms with Gasteiger partial charge >= 0.3 is 5.97 Å². The van der Waals surface area contributed by atoms with Crippen LogP contribution in [0.1, 0.15) is 30.1 Å². The van der Waals surface area contributed by atoms with Crippen molar-refractivity contribution in [3.63, 3.8) is 0 Å². The molecule has 6 nitrogen and oxygen atoms in total. The van der Waals surface area contributed by atoms with E-state index >= 15 is 0 Å². The van der Waals surface area contributed by atoms with Crippen LogP contribution in [0.3, 0.4) is 0 Å². The van der Waals surface area contributed by atoms with E-state index in [0.29, 0.717) is 24.9 Å². The molecule has 1 N–H and O–H groups in total. The third-order valence-corrected chi connectivity index (χ3v) is 4.23. The van der Waals surface area contributed by atoms with Crippen LogP contribution in [-0.2, 0) is 4.79 Å². The fourth-order valence-corrected chi connectivity index (χ4v) is 2.85. The summed E-state index contributed by atoms with van der Waals surface area (Å²) in [5.74, 6) is -1.19. The summed E-state index contributed by atoms with van der Waals surface area (Å²) < 4.78 is 1.70. The molecule has 1 atom stereocenters. The maximum absolute atomic E-state index is 12.6. The topological polar surface area (TPSA) is 75.4 Å². The van der Waals surface area contributed by atoms with Gasteiger partial charge in [0.25, 0.3) is 5.91 Å². The van der Waals surface area contributed by atoms with E-state index in [4.69, 9.17) is 0 Å². The number of carboxylic acid groups (broad SMARTS) is 1. The van der Waals surface area contributed by atoms with Crippen molar-refractivity contribution in [3.05, 3.63) is 48.3 Å². The quantitative estimate of drug-likeness (QED) is 0.940. The SMILES string of the molecule is CC1(C(=O)O)CCCN1C(=O)c1ccc(-n2cccn2)cc1. The molecular formula is C16H17N3O3. The highest BCUT2D eigenvalue weighted by molar-refractivity contribution is 5.98. The van der Waals surface area contributed by atoms with E-state index in [1.807, 2.05) is 12.3 Å². The largest absolute Gasteiger partial charge is 0.480 e. The van der Waals surface area contributed by atoms with E-state index in [0.717, 1.165) is 5.69 Å². The van der Waals surface area contributed by atoms with Gasteiger partial charge in [-0.25, -0.2) is 9.48 Å². The number of nitrogens with zero attached hydrogens (tertiary/aromatic N) is 3. The highest BCUT2D eigenvalue weighted by Crippen LogP contribution is 2.30. The van der Waals surface area contributed by atoms with E-state index < -0.39 is 11.5 Å². The van der Waals surface area contributed by atoms with Crippen molar-refractivity contribution in [1.29, 1.82) is 0 Å². The van der Waals surface area contributed by atoms with Gasteiger partial charge in [-0.15, -0.1) is 0 Å². The van der Waals surface area contributed by atoms with E-state index in [1.165, 1.54) is 4.90 Å². The number of hydrogen-bond donors (Lipinski definition) is 1. The minimum atomic E-state index is -1.11. The van der Waals surface area contributed by atoms with Gasteiger partial charge in [0.1, 0.15) is 5.54 Å². The summed E-state index contributed by atoms with van der Waals surface area (Å²) in [5.41, 5.74) is 0.229. The summed E-state index contributed by atoms with van der Waals surface area (Å²) >= 11 is 0. The Morgan fingerprint density at radius 1 is 1.27 bits per heavy atom. The standard InChI is InChI=1S/C16H17N3O3/c1-16(15(21)22)8-2-10-18(16)14(20)12-4-6-13(7-5-12)19-11-3-9-17-19/h3-7,9,11H,2,8,10H2,1H3,(H,21,22). The Kier molecular flexibility index (Phi) is 3.44. The Bertz CT molecular complexity index is 694. The zero-order valence-corrected chi connectivity index (χ0v) is 12.3. The fourth-order valence-electron chi connectivity index (χ4n) is 2.85. The summed E-state index contributed by atoms with van der Waals surface area (Å²) in [4.78, 5) is 25.5. The van der Waals surface area contributed by atoms with E-state index in [9.17, 15) is 14.7 Å². The van der Waals surface area contributed by atoms with Crippen molar-refractivity contribution in [2.45, 2.75) is 25.3 Å². The van der Waals surface area contributed by atoms with Gasteiger partial charge in [-0.1, -0.05) is 0 Å². The second kappa shape index (κ2) is 5.29. The molecule has 0 aliphatic carbocycles. The van der Waals surface area contributed by atoms with Crippen LogP contribution in [-0.4, -0.2) is 43.7 Å². The first kappa shape index (κ1) is 14.3. The highest BCUT2D eigenvalue weighted by Gasteiger charge is 2.46. The predicted molar refractivity (Wildman–Crippen MR) is 79.9 cm³/mol. The third kappa shape index (κ3) is 2.26. The Morgan fingerprint density at radius 2 is 2.00 bits per heavy atom.